The van der Waals surface area contributed by atoms with Gasteiger partial charge < -0.3 is 0 Å². The van der Waals surface area contributed by atoms with E-state index in [1.807, 2.05) is 0 Å². The Morgan fingerprint density at radius 1 is 0.966 bits per heavy atom. The van der Waals surface area contributed by atoms with Gasteiger partial charge in [0.25, 0.3) is 5.56 Å². The molecule has 10 heteroatoms. The molecule has 0 aliphatic rings. The molecule has 0 bridgehead atoms. The first-order valence-electron chi connectivity index (χ1n) is 8.19. The molecule has 152 valence electrons. The molecule has 1 heterocycles. The molecule has 5 nitrogen and oxygen atoms in total. The topological polar surface area (TPSA) is 69.0 Å². The third kappa shape index (κ3) is 4.89. The van der Waals surface area contributed by atoms with Crippen LogP contribution in [0.5, 0.6) is 0 Å². The van der Waals surface area contributed by atoms with Crippen molar-refractivity contribution in [2.24, 2.45) is 0 Å². The summed E-state index contributed by atoms with van der Waals surface area (Å²) in [6.45, 7) is -1.58. The fourth-order valence-electron chi connectivity index (χ4n) is 2.70. The van der Waals surface area contributed by atoms with Crippen molar-refractivity contribution < 1.29 is 26.0 Å². The molecule has 0 unspecified atom stereocenters. The van der Waals surface area contributed by atoms with Gasteiger partial charge in [-0.15, -0.1) is 0 Å². The van der Waals surface area contributed by atoms with E-state index in [4.69, 9.17) is 0 Å². The highest BCUT2D eigenvalue weighted by Gasteiger charge is 2.29. The molecule has 0 aliphatic heterocycles. The Balaban J connectivity index is 2.21. The average molecular weight is 426 g/mol. The van der Waals surface area contributed by atoms with Crippen LogP contribution < -0.4 is 5.56 Å². The maximum Gasteiger partial charge on any atom is 0.408 e. The quantitative estimate of drug-likeness (QED) is 0.597. The van der Waals surface area contributed by atoms with E-state index in [1.54, 1.807) is 0 Å². The van der Waals surface area contributed by atoms with Gasteiger partial charge in [-0.25, -0.2) is 17.5 Å². The number of alkyl halides is 3. The summed E-state index contributed by atoms with van der Waals surface area (Å²) in [6, 6.07) is 11.4. The number of sulfone groups is 1. The van der Waals surface area contributed by atoms with Gasteiger partial charge in [0.05, 0.1) is 10.6 Å². The lowest BCUT2D eigenvalue weighted by molar-refractivity contribution is -0.143. The summed E-state index contributed by atoms with van der Waals surface area (Å²) in [4.78, 5) is 12.2. The van der Waals surface area contributed by atoms with Crippen LogP contribution >= 0.6 is 0 Å². The van der Waals surface area contributed by atoms with Crippen LogP contribution in [0.1, 0.15) is 0 Å². The Morgan fingerprint density at radius 2 is 1.52 bits per heavy atom. The van der Waals surface area contributed by atoms with Gasteiger partial charge in [0.2, 0.25) is 0 Å². The van der Waals surface area contributed by atoms with E-state index >= 15 is 0 Å². The van der Waals surface area contributed by atoms with Crippen LogP contribution in [0.25, 0.3) is 22.4 Å². The molecule has 1 aromatic heterocycles. The van der Waals surface area contributed by atoms with Crippen molar-refractivity contribution in [3.05, 3.63) is 70.8 Å². The summed E-state index contributed by atoms with van der Waals surface area (Å²) in [5.74, 6) is -0.545. The number of halogens is 4. The standard InChI is InChI=1S/C19H14F4N2O3S/c1-29(27,28)15-8-4-12(5-9-15)16-10-17(26)25(11-19(21,22)23)24-18(16)13-2-6-14(20)7-3-13/h2-10H,11H2,1H3. The summed E-state index contributed by atoms with van der Waals surface area (Å²) in [5.41, 5.74) is -0.0820. The third-order valence-corrected chi connectivity index (χ3v) is 5.17. The van der Waals surface area contributed by atoms with Gasteiger partial charge in [0, 0.05) is 23.4 Å². The fourth-order valence-corrected chi connectivity index (χ4v) is 3.33. The minimum Gasteiger partial charge on any atom is -0.268 e. The molecule has 0 atom stereocenters. The van der Waals surface area contributed by atoms with E-state index in [0.29, 0.717) is 11.1 Å². The maximum absolute atomic E-state index is 13.3. The Morgan fingerprint density at radius 3 is 2.03 bits per heavy atom. The Bertz CT molecular complexity index is 1200. The number of rotatable bonds is 4. The second-order valence-electron chi connectivity index (χ2n) is 6.32. The molecule has 3 rings (SSSR count). The lowest BCUT2D eigenvalue weighted by atomic mass is 10.00. The first-order chi connectivity index (χ1) is 13.4. The van der Waals surface area contributed by atoms with Gasteiger partial charge >= 0.3 is 6.18 Å². The molecule has 3 aromatic rings. The average Bonchev–Trinajstić information content (AvgIpc) is 2.62. The highest BCUT2D eigenvalue weighted by Crippen LogP contribution is 2.30. The lowest BCUT2D eigenvalue weighted by Crippen LogP contribution is -2.30. The van der Waals surface area contributed by atoms with Crippen LogP contribution in [0, 0.1) is 5.82 Å². The first kappa shape index (κ1) is 20.7. The van der Waals surface area contributed by atoms with Gasteiger partial charge in [-0.05, 0) is 42.0 Å². The Hall–Kier alpha value is -3.01. The number of hydrogen-bond donors (Lipinski definition) is 0. The van der Waals surface area contributed by atoms with Crippen LogP contribution in [0.4, 0.5) is 17.6 Å². The highest BCUT2D eigenvalue weighted by molar-refractivity contribution is 7.90. The zero-order chi connectivity index (χ0) is 21.4. The number of nitrogens with zero attached hydrogens (tertiary/aromatic N) is 2. The smallest absolute Gasteiger partial charge is 0.268 e. The van der Waals surface area contributed by atoms with Crippen LogP contribution in [0.15, 0.2) is 64.3 Å². The monoisotopic (exact) mass is 426 g/mol. The van der Waals surface area contributed by atoms with Crippen LogP contribution in [-0.2, 0) is 16.4 Å². The number of aromatic nitrogens is 2. The van der Waals surface area contributed by atoms with Crippen LogP contribution in [-0.4, -0.2) is 30.6 Å². The van der Waals surface area contributed by atoms with E-state index in [0.717, 1.165) is 24.5 Å². The SMILES string of the molecule is CS(=O)(=O)c1ccc(-c2cc(=O)n(CC(F)(F)F)nc2-c2ccc(F)cc2)cc1. The Labute approximate surface area is 163 Å². The molecule has 0 amide bonds. The van der Waals surface area contributed by atoms with Crippen molar-refractivity contribution in [2.45, 2.75) is 17.6 Å². The number of benzene rings is 2. The second-order valence-corrected chi connectivity index (χ2v) is 8.34. The van der Waals surface area contributed by atoms with Crippen molar-refractivity contribution >= 4 is 9.84 Å². The summed E-state index contributed by atoms with van der Waals surface area (Å²) in [5, 5.41) is 3.85. The van der Waals surface area contributed by atoms with E-state index < -0.39 is 33.9 Å². The minimum atomic E-state index is -4.66. The minimum absolute atomic E-state index is 0.0287. The fraction of sp³-hybridized carbons (Fsp3) is 0.158. The second kappa shape index (κ2) is 7.43. The highest BCUT2D eigenvalue weighted by atomic mass is 32.2. The van der Waals surface area contributed by atoms with E-state index in [1.165, 1.54) is 36.4 Å². The predicted molar refractivity (Wildman–Crippen MR) is 98.5 cm³/mol. The molecule has 0 fully saturated rings. The summed E-state index contributed by atoms with van der Waals surface area (Å²) >= 11 is 0. The summed E-state index contributed by atoms with van der Waals surface area (Å²) < 4.78 is 75.1. The maximum atomic E-state index is 13.3. The Kier molecular flexibility index (Phi) is 5.31. The number of hydrogen-bond acceptors (Lipinski definition) is 4. The van der Waals surface area contributed by atoms with Crippen molar-refractivity contribution in [1.29, 1.82) is 0 Å². The van der Waals surface area contributed by atoms with Gasteiger partial charge in [-0.3, -0.25) is 4.79 Å². The third-order valence-electron chi connectivity index (χ3n) is 4.04. The molecule has 0 radical (unpaired) electrons. The van der Waals surface area contributed by atoms with Crippen LogP contribution in [0.2, 0.25) is 0 Å². The first-order valence-corrected chi connectivity index (χ1v) is 10.1. The van der Waals surface area contributed by atoms with Gasteiger partial charge in [0.15, 0.2) is 9.84 Å². The normalized spacial score (nSPS) is 12.2. The van der Waals surface area contributed by atoms with Gasteiger partial charge in [-0.2, -0.15) is 18.3 Å². The molecule has 0 spiro atoms. The molecular formula is C19H14F4N2O3S. The van der Waals surface area contributed by atoms with Crippen molar-refractivity contribution in [2.75, 3.05) is 6.26 Å². The molecule has 2 aromatic carbocycles. The lowest BCUT2D eigenvalue weighted by Gasteiger charge is -2.14. The molecular weight excluding hydrogens is 412 g/mol. The largest absolute Gasteiger partial charge is 0.408 e. The van der Waals surface area contributed by atoms with E-state index in [9.17, 15) is 30.8 Å². The van der Waals surface area contributed by atoms with Gasteiger partial charge in [0.1, 0.15) is 12.4 Å². The summed E-state index contributed by atoms with van der Waals surface area (Å²) in [7, 11) is -3.45. The van der Waals surface area contributed by atoms with Crippen molar-refractivity contribution in [1.82, 2.24) is 9.78 Å². The molecule has 0 saturated heterocycles. The van der Waals surface area contributed by atoms with Crippen molar-refractivity contribution in [3.63, 3.8) is 0 Å². The van der Waals surface area contributed by atoms with E-state index in [-0.39, 0.29) is 20.8 Å². The predicted octanol–water partition coefficient (Wildman–Crippen LogP) is 3.68. The molecule has 0 N–H and O–H groups in total. The zero-order valence-corrected chi connectivity index (χ0v) is 15.8. The van der Waals surface area contributed by atoms with E-state index in [2.05, 4.69) is 5.10 Å². The summed E-state index contributed by atoms with van der Waals surface area (Å²) in [6.07, 6.45) is -3.62. The zero-order valence-electron chi connectivity index (χ0n) is 14.9. The molecule has 0 aliphatic carbocycles. The van der Waals surface area contributed by atoms with Gasteiger partial charge in [-0.1, -0.05) is 12.1 Å². The van der Waals surface area contributed by atoms with Crippen LogP contribution in [0.3, 0.4) is 0 Å². The molecule has 29 heavy (non-hydrogen) atoms. The van der Waals surface area contributed by atoms with Crippen molar-refractivity contribution in [3.8, 4) is 22.4 Å². The molecule has 0 saturated carbocycles.